The minimum atomic E-state index is -0.444. The Kier molecular flexibility index (Phi) is 9.59. The molecule has 3 N–H and O–H groups in total. The third kappa shape index (κ3) is 6.69. The molecule has 0 unspecified atom stereocenters. The van der Waals surface area contributed by atoms with E-state index in [0.29, 0.717) is 30.1 Å². The highest BCUT2D eigenvalue weighted by Crippen LogP contribution is 2.36. The highest BCUT2D eigenvalue weighted by atomic mass is 16.5. The summed E-state index contributed by atoms with van der Waals surface area (Å²) < 4.78 is 6.48. The average Bonchev–Trinajstić information content (AvgIpc) is 2.86. The van der Waals surface area contributed by atoms with Gasteiger partial charge in [-0.25, -0.2) is 4.79 Å². The van der Waals surface area contributed by atoms with Gasteiger partial charge in [0.15, 0.2) is 5.75 Å². The number of likely N-dealkylation sites (N-methyl/N-ethyl adjacent to an activating group) is 1. The van der Waals surface area contributed by atoms with Crippen molar-refractivity contribution in [2.24, 2.45) is 11.8 Å². The number of nitrogens with zero attached hydrogens (tertiary/aromatic N) is 2. The number of urea groups is 1. The van der Waals surface area contributed by atoms with Crippen LogP contribution >= 0.6 is 0 Å². The molecular weight excluding hydrogens is 460 g/mol. The fraction of sp³-hybridized carbons (Fsp3) is 0.667. The van der Waals surface area contributed by atoms with E-state index in [-0.39, 0.29) is 42.3 Å². The van der Waals surface area contributed by atoms with Crippen LogP contribution in [0.4, 0.5) is 10.5 Å². The van der Waals surface area contributed by atoms with Gasteiger partial charge in [0.2, 0.25) is 5.91 Å². The van der Waals surface area contributed by atoms with Crippen LogP contribution in [0.3, 0.4) is 0 Å². The molecule has 9 nitrogen and oxygen atoms in total. The van der Waals surface area contributed by atoms with Crippen LogP contribution in [0.15, 0.2) is 18.2 Å². The smallest absolute Gasteiger partial charge is 0.317 e. The Bertz CT molecular complexity index is 931. The molecule has 1 aliphatic heterocycles. The lowest BCUT2D eigenvalue weighted by atomic mass is 9.88. The number of aliphatic hydroxyl groups is 1. The summed E-state index contributed by atoms with van der Waals surface area (Å²) in [6.07, 6.45) is 4.51. The van der Waals surface area contributed by atoms with Gasteiger partial charge in [0.05, 0.1) is 30.4 Å². The molecular formula is C27H42N4O5. The van der Waals surface area contributed by atoms with Crippen molar-refractivity contribution < 1.29 is 24.2 Å². The zero-order chi connectivity index (χ0) is 26.4. The Morgan fingerprint density at radius 1 is 1.19 bits per heavy atom. The number of amides is 4. The summed E-state index contributed by atoms with van der Waals surface area (Å²) in [7, 11) is 1.71. The van der Waals surface area contributed by atoms with E-state index in [4.69, 9.17) is 4.74 Å². The summed E-state index contributed by atoms with van der Waals surface area (Å²) in [6.45, 7) is 8.06. The molecule has 9 heteroatoms. The van der Waals surface area contributed by atoms with Crippen LogP contribution in [0.5, 0.6) is 5.75 Å². The number of anilines is 1. The van der Waals surface area contributed by atoms with Crippen LogP contribution in [-0.2, 0) is 4.79 Å². The van der Waals surface area contributed by atoms with Crippen LogP contribution in [0, 0.1) is 11.8 Å². The highest BCUT2D eigenvalue weighted by molar-refractivity contribution is 6.02. The van der Waals surface area contributed by atoms with Crippen molar-refractivity contribution in [3.05, 3.63) is 23.8 Å². The molecule has 1 saturated carbocycles. The Morgan fingerprint density at radius 2 is 1.89 bits per heavy atom. The van der Waals surface area contributed by atoms with Crippen LogP contribution < -0.4 is 15.4 Å². The lowest BCUT2D eigenvalue weighted by Gasteiger charge is -2.38. The van der Waals surface area contributed by atoms with Gasteiger partial charge in [-0.15, -0.1) is 0 Å². The van der Waals surface area contributed by atoms with E-state index in [2.05, 4.69) is 10.6 Å². The molecule has 1 aromatic rings. The third-order valence-electron chi connectivity index (χ3n) is 7.14. The maximum Gasteiger partial charge on any atom is 0.317 e. The first kappa shape index (κ1) is 27.8. The SMILES string of the molecule is CC(C)NC(=O)N(C)C[C@H]1Oc2c(NC(=O)C3CCCCC3)cccc2C(=O)N([C@H](C)CO)C[C@@H]1C. The summed E-state index contributed by atoms with van der Waals surface area (Å²) in [4.78, 5) is 42.5. The highest BCUT2D eigenvalue weighted by Gasteiger charge is 2.35. The Labute approximate surface area is 214 Å². The first-order chi connectivity index (χ1) is 17.1. The van der Waals surface area contributed by atoms with E-state index < -0.39 is 12.1 Å². The van der Waals surface area contributed by atoms with Gasteiger partial charge in [-0.2, -0.15) is 0 Å². The van der Waals surface area contributed by atoms with E-state index in [1.165, 1.54) is 0 Å². The number of carbonyl (C=O) groups is 3. The third-order valence-corrected chi connectivity index (χ3v) is 7.14. The van der Waals surface area contributed by atoms with E-state index >= 15 is 0 Å². The number of carbonyl (C=O) groups excluding carboxylic acids is 3. The monoisotopic (exact) mass is 502 g/mol. The summed E-state index contributed by atoms with van der Waals surface area (Å²) in [5, 5.41) is 15.8. The maximum atomic E-state index is 13.6. The molecule has 1 fully saturated rings. The molecule has 1 aliphatic carbocycles. The van der Waals surface area contributed by atoms with Crippen molar-refractivity contribution in [3.63, 3.8) is 0 Å². The molecule has 2 aliphatic rings. The van der Waals surface area contributed by atoms with Crippen molar-refractivity contribution in [1.29, 1.82) is 0 Å². The lowest BCUT2D eigenvalue weighted by molar-refractivity contribution is -0.120. The van der Waals surface area contributed by atoms with Crippen LogP contribution in [0.1, 0.15) is 70.2 Å². The molecule has 36 heavy (non-hydrogen) atoms. The molecule has 200 valence electrons. The second-order valence-corrected chi connectivity index (χ2v) is 10.6. The molecule has 3 atom stereocenters. The molecule has 0 radical (unpaired) electrons. The predicted octanol–water partition coefficient (Wildman–Crippen LogP) is 3.48. The van der Waals surface area contributed by atoms with E-state index in [1.807, 2.05) is 20.8 Å². The topological polar surface area (TPSA) is 111 Å². The van der Waals surface area contributed by atoms with E-state index in [9.17, 15) is 19.5 Å². The van der Waals surface area contributed by atoms with Crippen LogP contribution in [0.25, 0.3) is 0 Å². The van der Waals surface area contributed by atoms with Gasteiger partial charge >= 0.3 is 6.03 Å². The molecule has 0 bridgehead atoms. The van der Waals surface area contributed by atoms with Gasteiger partial charge in [0.1, 0.15) is 6.10 Å². The summed E-state index contributed by atoms with van der Waals surface area (Å²) in [5.74, 6) is -0.190. The van der Waals surface area contributed by atoms with Crippen LogP contribution in [0.2, 0.25) is 0 Å². The zero-order valence-corrected chi connectivity index (χ0v) is 22.3. The second kappa shape index (κ2) is 12.4. The van der Waals surface area contributed by atoms with Gasteiger partial charge in [0.25, 0.3) is 5.91 Å². The van der Waals surface area contributed by atoms with Crippen molar-refractivity contribution in [1.82, 2.24) is 15.1 Å². The molecule has 0 saturated heterocycles. The predicted molar refractivity (Wildman–Crippen MR) is 139 cm³/mol. The molecule has 3 rings (SSSR count). The molecule has 1 aromatic carbocycles. The molecule has 0 aromatic heterocycles. The van der Waals surface area contributed by atoms with Gasteiger partial charge < -0.3 is 30.3 Å². The number of benzene rings is 1. The number of nitrogens with one attached hydrogen (secondary N) is 2. The summed E-state index contributed by atoms with van der Waals surface area (Å²) in [6, 6.07) is 4.57. The first-order valence-electron chi connectivity index (χ1n) is 13.2. The van der Waals surface area contributed by atoms with Crippen molar-refractivity contribution in [2.45, 2.75) is 78.0 Å². The van der Waals surface area contributed by atoms with Gasteiger partial charge in [-0.1, -0.05) is 32.3 Å². The van der Waals surface area contributed by atoms with Crippen molar-refractivity contribution in [2.75, 3.05) is 32.1 Å². The standard InChI is InChI=1S/C27H42N4O5/c1-17(2)28-27(35)30(5)15-23-18(3)14-31(19(4)16-32)26(34)21-12-9-13-22(24(21)36-23)29-25(33)20-10-7-6-8-11-20/h9,12-13,17-20,23,32H,6-8,10-11,14-16H2,1-5H3,(H,28,35)(H,29,33)/t18-,19+,23+/m0/s1. The number of aliphatic hydroxyl groups excluding tert-OH is 1. The molecule has 4 amide bonds. The fourth-order valence-electron chi connectivity index (χ4n) is 4.87. The molecule has 1 heterocycles. The number of hydrogen-bond donors (Lipinski definition) is 3. The number of hydrogen-bond acceptors (Lipinski definition) is 5. The number of fused-ring (bicyclic) bond motifs is 1. The normalized spacial score (nSPS) is 21.6. The zero-order valence-electron chi connectivity index (χ0n) is 22.3. The maximum absolute atomic E-state index is 13.6. The van der Waals surface area contributed by atoms with Crippen LogP contribution in [-0.4, -0.2) is 77.7 Å². The second-order valence-electron chi connectivity index (χ2n) is 10.6. The quantitative estimate of drug-likeness (QED) is 0.529. The summed E-state index contributed by atoms with van der Waals surface area (Å²) >= 11 is 0. The van der Waals surface area contributed by atoms with Gasteiger partial charge in [-0.3, -0.25) is 9.59 Å². The fourth-order valence-corrected chi connectivity index (χ4v) is 4.87. The largest absolute Gasteiger partial charge is 0.485 e. The van der Waals surface area contributed by atoms with E-state index in [0.717, 1.165) is 32.1 Å². The van der Waals surface area contributed by atoms with Crippen molar-refractivity contribution >= 4 is 23.5 Å². The molecule has 0 spiro atoms. The Balaban J connectivity index is 1.95. The van der Waals surface area contributed by atoms with Gasteiger partial charge in [-0.05, 0) is 45.7 Å². The van der Waals surface area contributed by atoms with Crippen molar-refractivity contribution in [3.8, 4) is 5.75 Å². The summed E-state index contributed by atoms with van der Waals surface area (Å²) in [5.41, 5.74) is 0.796. The van der Waals surface area contributed by atoms with Gasteiger partial charge in [0, 0.05) is 31.5 Å². The lowest BCUT2D eigenvalue weighted by Crippen LogP contribution is -2.51. The Morgan fingerprint density at radius 3 is 2.53 bits per heavy atom. The first-order valence-corrected chi connectivity index (χ1v) is 13.2. The average molecular weight is 503 g/mol. The number of ether oxygens (including phenoxy) is 1. The number of rotatable bonds is 7. The minimum Gasteiger partial charge on any atom is -0.485 e. The van der Waals surface area contributed by atoms with E-state index in [1.54, 1.807) is 42.0 Å². The minimum absolute atomic E-state index is 0.00327. The Hall–Kier alpha value is -2.81. The number of para-hydroxylation sites is 1.